The maximum atomic E-state index is 5.52. The number of benzene rings is 2. The first-order chi connectivity index (χ1) is 11.3. The molecule has 0 amide bonds. The molecular formula is C18H16N2O3. The number of rotatable bonds is 6. The highest BCUT2D eigenvalue weighted by Gasteiger charge is 2.11. The summed E-state index contributed by atoms with van der Waals surface area (Å²) in [4.78, 5) is 4.44. The van der Waals surface area contributed by atoms with Crippen molar-refractivity contribution in [3.8, 4) is 34.3 Å². The molecular weight excluding hydrogens is 292 g/mol. The second-order valence-corrected chi connectivity index (χ2v) is 4.78. The second-order valence-electron chi connectivity index (χ2n) is 4.78. The van der Waals surface area contributed by atoms with Crippen LogP contribution in [0.2, 0.25) is 0 Å². The molecule has 0 N–H and O–H groups in total. The Hall–Kier alpha value is -3.08. The smallest absolute Gasteiger partial charge is 0.258 e. The molecule has 3 aromatic rings. The summed E-state index contributed by atoms with van der Waals surface area (Å²) in [5, 5.41) is 4.04. The number of hydrogen-bond donors (Lipinski definition) is 0. The number of methoxy groups -OCH3 is 1. The van der Waals surface area contributed by atoms with E-state index in [2.05, 4.69) is 16.7 Å². The van der Waals surface area contributed by atoms with Crippen molar-refractivity contribution in [2.75, 3.05) is 13.7 Å². The highest BCUT2D eigenvalue weighted by molar-refractivity contribution is 5.62. The largest absolute Gasteiger partial charge is 0.497 e. The number of hydrogen-bond acceptors (Lipinski definition) is 5. The molecule has 0 aliphatic heterocycles. The van der Waals surface area contributed by atoms with Crippen molar-refractivity contribution in [1.29, 1.82) is 0 Å². The first-order valence-corrected chi connectivity index (χ1v) is 7.12. The van der Waals surface area contributed by atoms with Crippen LogP contribution in [0.15, 0.2) is 65.7 Å². The van der Waals surface area contributed by atoms with Crippen LogP contribution in [0.1, 0.15) is 0 Å². The Kier molecular flexibility index (Phi) is 4.38. The standard InChI is InChI=1S/C18H16N2O3/c1-3-10-22-16-9-4-6-13(11-16)17-19-18(23-20-17)14-7-5-8-15(12-14)21-2/h3-9,11-12H,1,10H2,2H3. The SMILES string of the molecule is C=CCOc1cccc(-c2noc(-c3cccc(OC)c3)n2)c1. The van der Waals surface area contributed by atoms with Crippen molar-refractivity contribution in [1.82, 2.24) is 10.1 Å². The molecule has 5 nitrogen and oxygen atoms in total. The Balaban J connectivity index is 1.88. The molecule has 0 bridgehead atoms. The summed E-state index contributed by atoms with van der Waals surface area (Å²) in [5.74, 6) is 2.42. The molecule has 116 valence electrons. The molecule has 1 aromatic heterocycles. The van der Waals surface area contributed by atoms with Crippen molar-refractivity contribution in [3.63, 3.8) is 0 Å². The third-order valence-electron chi connectivity index (χ3n) is 3.20. The zero-order chi connectivity index (χ0) is 16.1. The molecule has 0 aliphatic carbocycles. The first-order valence-electron chi connectivity index (χ1n) is 7.12. The lowest BCUT2D eigenvalue weighted by Crippen LogP contribution is -1.92. The Morgan fingerprint density at radius 3 is 2.61 bits per heavy atom. The molecule has 1 heterocycles. The van der Waals surface area contributed by atoms with Crippen LogP contribution in [0, 0.1) is 0 Å². The van der Waals surface area contributed by atoms with Gasteiger partial charge in [-0.3, -0.25) is 0 Å². The normalized spacial score (nSPS) is 10.3. The Morgan fingerprint density at radius 2 is 1.83 bits per heavy atom. The molecule has 23 heavy (non-hydrogen) atoms. The van der Waals surface area contributed by atoms with E-state index in [0.29, 0.717) is 18.3 Å². The summed E-state index contributed by atoms with van der Waals surface area (Å²) >= 11 is 0. The van der Waals surface area contributed by atoms with E-state index in [9.17, 15) is 0 Å². The summed E-state index contributed by atoms with van der Waals surface area (Å²) in [7, 11) is 1.62. The molecule has 2 aromatic carbocycles. The Labute approximate surface area is 134 Å². The van der Waals surface area contributed by atoms with Crippen molar-refractivity contribution >= 4 is 0 Å². The van der Waals surface area contributed by atoms with Gasteiger partial charge in [0.05, 0.1) is 7.11 Å². The number of ether oxygens (including phenoxy) is 2. The van der Waals surface area contributed by atoms with Crippen LogP contribution in [-0.4, -0.2) is 23.9 Å². The van der Waals surface area contributed by atoms with Crippen LogP contribution in [0.4, 0.5) is 0 Å². The minimum atomic E-state index is 0.441. The highest BCUT2D eigenvalue weighted by atomic mass is 16.5. The van der Waals surface area contributed by atoms with Crippen LogP contribution >= 0.6 is 0 Å². The Bertz CT molecular complexity index is 811. The number of nitrogens with zero attached hydrogens (tertiary/aromatic N) is 2. The quantitative estimate of drug-likeness (QED) is 0.645. The molecule has 0 saturated carbocycles. The molecule has 0 saturated heterocycles. The van der Waals surface area contributed by atoms with Gasteiger partial charge in [-0.1, -0.05) is 36.0 Å². The van der Waals surface area contributed by atoms with Gasteiger partial charge in [-0.05, 0) is 30.3 Å². The lowest BCUT2D eigenvalue weighted by atomic mass is 10.2. The molecule has 0 unspecified atom stereocenters. The van der Waals surface area contributed by atoms with Gasteiger partial charge in [-0.25, -0.2) is 0 Å². The predicted molar refractivity (Wildman–Crippen MR) is 87.4 cm³/mol. The highest BCUT2D eigenvalue weighted by Crippen LogP contribution is 2.26. The van der Waals surface area contributed by atoms with E-state index in [0.717, 1.165) is 22.6 Å². The summed E-state index contributed by atoms with van der Waals surface area (Å²) in [6, 6.07) is 15.0. The predicted octanol–water partition coefficient (Wildman–Crippen LogP) is 3.98. The molecule has 5 heteroatoms. The lowest BCUT2D eigenvalue weighted by Gasteiger charge is -2.03. The van der Waals surface area contributed by atoms with E-state index in [1.165, 1.54) is 0 Å². The molecule has 0 atom stereocenters. The van der Waals surface area contributed by atoms with E-state index < -0.39 is 0 Å². The van der Waals surface area contributed by atoms with E-state index >= 15 is 0 Å². The maximum absolute atomic E-state index is 5.52. The van der Waals surface area contributed by atoms with Gasteiger partial charge in [-0.2, -0.15) is 4.98 Å². The first kappa shape index (κ1) is 14.8. The van der Waals surface area contributed by atoms with Crippen LogP contribution in [0.3, 0.4) is 0 Å². The fraction of sp³-hybridized carbons (Fsp3) is 0.111. The van der Waals surface area contributed by atoms with Gasteiger partial charge in [0.2, 0.25) is 5.82 Å². The topological polar surface area (TPSA) is 57.4 Å². The number of aromatic nitrogens is 2. The van der Waals surface area contributed by atoms with Gasteiger partial charge in [0, 0.05) is 11.1 Å². The van der Waals surface area contributed by atoms with Crippen LogP contribution < -0.4 is 9.47 Å². The van der Waals surface area contributed by atoms with Crippen molar-refractivity contribution in [2.45, 2.75) is 0 Å². The van der Waals surface area contributed by atoms with E-state index in [-0.39, 0.29) is 0 Å². The minimum Gasteiger partial charge on any atom is -0.497 e. The summed E-state index contributed by atoms with van der Waals surface area (Å²) < 4.78 is 16.1. The zero-order valence-corrected chi connectivity index (χ0v) is 12.7. The van der Waals surface area contributed by atoms with Crippen molar-refractivity contribution < 1.29 is 14.0 Å². The van der Waals surface area contributed by atoms with Gasteiger partial charge in [-0.15, -0.1) is 0 Å². The fourth-order valence-corrected chi connectivity index (χ4v) is 2.09. The van der Waals surface area contributed by atoms with Gasteiger partial charge in [0.25, 0.3) is 5.89 Å². The average molecular weight is 308 g/mol. The van der Waals surface area contributed by atoms with Crippen LogP contribution in [0.5, 0.6) is 11.5 Å². The maximum Gasteiger partial charge on any atom is 0.258 e. The molecule has 0 spiro atoms. The Morgan fingerprint density at radius 1 is 1.09 bits per heavy atom. The minimum absolute atomic E-state index is 0.441. The monoisotopic (exact) mass is 308 g/mol. The van der Waals surface area contributed by atoms with Gasteiger partial charge >= 0.3 is 0 Å². The van der Waals surface area contributed by atoms with Crippen LogP contribution in [0.25, 0.3) is 22.8 Å². The summed E-state index contributed by atoms with van der Waals surface area (Å²) in [5.41, 5.74) is 1.63. The zero-order valence-electron chi connectivity index (χ0n) is 12.7. The van der Waals surface area contributed by atoms with E-state index in [1.54, 1.807) is 13.2 Å². The third kappa shape index (κ3) is 3.40. The molecule has 0 fully saturated rings. The summed E-state index contributed by atoms with van der Waals surface area (Å²) in [6.07, 6.45) is 1.70. The van der Waals surface area contributed by atoms with E-state index in [4.69, 9.17) is 14.0 Å². The molecule has 0 radical (unpaired) electrons. The van der Waals surface area contributed by atoms with E-state index in [1.807, 2.05) is 48.5 Å². The van der Waals surface area contributed by atoms with Crippen molar-refractivity contribution in [2.24, 2.45) is 0 Å². The van der Waals surface area contributed by atoms with Crippen LogP contribution in [-0.2, 0) is 0 Å². The van der Waals surface area contributed by atoms with Gasteiger partial charge in [0.1, 0.15) is 18.1 Å². The summed E-state index contributed by atoms with van der Waals surface area (Å²) in [6.45, 7) is 4.08. The lowest BCUT2D eigenvalue weighted by molar-refractivity contribution is 0.363. The molecule has 3 rings (SSSR count). The van der Waals surface area contributed by atoms with Crippen molar-refractivity contribution in [3.05, 3.63) is 61.2 Å². The average Bonchev–Trinajstić information content (AvgIpc) is 3.10. The third-order valence-corrected chi connectivity index (χ3v) is 3.20. The molecule has 0 aliphatic rings. The van der Waals surface area contributed by atoms with Gasteiger partial charge in [0.15, 0.2) is 0 Å². The second kappa shape index (κ2) is 6.79. The van der Waals surface area contributed by atoms with Gasteiger partial charge < -0.3 is 14.0 Å². The fourth-order valence-electron chi connectivity index (χ4n) is 2.09.